The Labute approximate surface area is 109 Å². The van der Waals surface area contributed by atoms with Crippen molar-refractivity contribution in [2.24, 2.45) is 5.73 Å². The van der Waals surface area contributed by atoms with Gasteiger partial charge in [-0.3, -0.25) is 0 Å². The zero-order chi connectivity index (χ0) is 12.4. The van der Waals surface area contributed by atoms with Crippen molar-refractivity contribution in [1.82, 2.24) is 4.98 Å². The number of hydrogen-bond donors (Lipinski definition) is 1. The Morgan fingerprint density at radius 1 is 1.47 bits per heavy atom. The van der Waals surface area contributed by atoms with Crippen molar-refractivity contribution in [2.45, 2.75) is 37.3 Å². The van der Waals surface area contributed by atoms with Crippen LogP contribution in [0.1, 0.15) is 28.5 Å². The average Bonchev–Trinajstić information content (AvgIpc) is 2.86. The first kappa shape index (κ1) is 12.7. The van der Waals surface area contributed by atoms with E-state index in [0.29, 0.717) is 5.22 Å². The molecule has 92 valence electrons. The summed E-state index contributed by atoms with van der Waals surface area (Å²) < 4.78 is 5.59. The van der Waals surface area contributed by atoms with Gasteiger partial charge in [0.1, 0.15) is 5.76 Å². The highest BCUT2D eigenvalue weighted by Gasteiger charge is 2.21. The molecule has 2 rings (SSSR count). The summed E-state index contributed by atoms with van der Waals surface area (Å²) in [6.07, 6.45) is 0. The van der Waals surface area contributed by atoms with Crippen molar-refractivity contribution >= 4 is 23.1 Å². The molecule has 0 spiro atoms. The predicted octanol–water partition coefficient (Wildman–Crippen LogP) is 3.53. The fourth-order valence-corrected chi connectivity index (χ4v) is 3.60. The van der Waals surface area contributed by atoms with Crippen LogP contribution in [0.25, 0.3) is 0 Å². The van der Waals surface area contributed by atoms with E-state index in [9.17, 15) is 0 Å². The van der Waals surface area contributed by atoms with Gasteiger partial charge in [0, 0.05) is 10.9 Å². The number of nitrogens with zero attached hydrogens (tertiary/aromatic N) is 1. The van der Waals surface area contributed by atoms with Crippen molar-refractivity contribution in [2.75, 3.05) is 0 Å². The Morgan fingerprint density at radius 2 is 2.24 bits per heavy atom. The van der Waals surface area contributed by atoms with E-state index in [2.05, 4.69) is 16.4 Å². The Hall–Kier alpha value is -0.780. The van der Waals surface area contributed by atoms with Crippen LogP contribution in [0, 0.1) is 13.8 Å². The Kier molecular flexibility index (Phi) is 3.91. The molecule has 2 unspecified atom stereocenters. The van der Waals surface area contributed by atoms with E-state index in [1.807, 2.05) is 26.8 Å². The lowest BCUT2D eigenvalue weighted by Gasteiger charge is -2.16. The number of aryl methyl sites for hydroxylation is 2. The maximum Gasteiger partial charge on any atom is 0.256 e. The third-order valence-electron chi connectivity index (χ3n) is 2.54. The topological polar surface area (TPSA) is 52.0 Å². The van der Waals surface area contributed by atoms with Gasteiger partial charge in [0.25, 0.3) is 5.22 Å². The highest BCUT2D eigenvalue weighted by molar-refractivity contribution is 7.99. The first-order valence-electron chi connectivity index (χ1n) is 5.47. The van der Waals surface area contributed by atoms with Crippen LogP contribution < -0.4 is 5.73 Å². The molecule has 2 heterocycles. The van der Waals surface area contributed by atoms with E-state index in [4.69, 9.17) is 10.2 Å². The summed E-state index contributed by atoms with van der Waals surface area (Å²) in [6, 6.07) is 4.21. The Morgan fingerprint density at radius 3 is 2.71 bits per heavy atom. The molecule has 2 atom stereocenters. The average molecular weight is 268 g/mol. The molecule has 0 aliphatic carbocycles. The normalized spacial score (nSPS) is 14.8. The predicted molar refractivity (Wildman–Crippen MR) is 72.5 cm³/mol. The van der Waals surface area contributed by atoms with Crippen LogP contribution in [-0.2, 0) is 0 Å². The van der Waals surface area contributed by atoms with Gasteiger partial charge < -0.3 is 10.2 Å². The molecule has 0 radical (unpaired) electrons. The first-order chi connectivity index (χ1) is 8.08. The van der Waals surface area contributed by atoms with Gasteiger partial charge in [0.15, 0.2) is 0 Å². The molecular weight excluding hydrogens is 252 g/mol. The van der Waals surface area contributed by atoms with Crippen LogP contribution in [0.3, 0.4) is 0 Å². The summed E-state index contributed by atoms with van der Waals surface area (Å²) in [5.74, 6) is 0.877. The molecule has 3 nitrogen and oxygen atoms in total. The van der Waals surface area contributed by atoms with Gasteiger partial charge in [-0.2, -0.15) is 0 Å². The summed E-state index contributed by atoms with van der Waals surface area (Å²) in [5, 5.41) is 2.97. The van der Waals surface area contributed by atoms with Gasteiger partial charge in [-0.15, -0.1) is 11.3 Å². The molecule has 0 saturated heterocycles. The lowest BCUT2D eigenvalue weighted by Crippen LogP contribution is -2.21. The van der Waals surface area contributed by atoms with E-state index in [1.165, 1.54) is 4.88 Å². The molecule has 0 fully saturated rings. The van der Waals surface area contributed by atoms with Crippen molar-refractivity contribution < 1.29 is 4.42 Å². The number of hydrogen-bond acceptors (Lipinski definition) is 5. The summed E-state index contributed by atoms with van der Waals surface area (Å²) in [4.78, 5) is 5.65. The summed E-state index contributed by atoms with van der Waals surface area (Å²) >= 11 is 3.32. The van der Waals surface area contributed by atoms with E-state index < -0.39 is 0 Å². The molecule has 0 amide bonds. The highest BCUT2D eigenvalue weighted by atomic mass is 32.2. The number of thiophene rings is 1. The van der Waals surface area contributed by atoms with Crippen LogP contribution in [-0.4, -0.2) is 11.0 Å². The molecule has 2 N–H and O–H groups in total. The maximum atomic E-state index is 6.04. The van der Waals surface area contributed by atoms with E-state index in [-0.39, 0.29) is 11.3 Å². The smallest absolute Gasteiger partial charge is 0.256 e. The van der Waals surface area contributed by atoms with Gasteiger partial charge in [0.05, 0.1) is 10.9 Å². The second-order valence-corrected chi connectivity index (χ2v) is 6.11. The molecule has 2 aromatic rings. The lowest BCUT2D eigenvalue weighted by atomic mass is 10.2. The van der Waals surface area contributed by atoms with Crippen molar-refractivity contribution in [1.29, 1.82) is 0 Å². The van der Waals surface area contributed by atoms with Crippen molar-refractivity contribution in [3.05, 3.63) is 33.8 Å². The summed E-state index contributed by atoms with van der Waals surface area (Å²) in [7, 11) is 0. The largest absolute Gasteiger partial charge is 0.437 e. The van der Waals surface area contributed by atoms with Crippen LogP contribution in [0.5, 0.6) is 0 Å². The number of rotatable bonds is 4. The quantitative estimate of drug-likeness (QED) is 0.862. The second kappa shape index (κ2) is 5.25. The third kappa shape index (κ3) is 2.91. The Bertz CT molecular complexity index is 457. The first-order valence-corrected chi connectivity index (χ1v) is 7.23. The molecule has 5 heteroatoms. The minimum absolute atomic E-state index is 0.0613. The minimum Gasteiger partial charge on any atom is -0.437 e. The number of aromatic nitrogens is 1. The van der Waals surface area contributed by atoms with E-state index in [0.717, 1.165) is 11.5 Å². The third-order valence-corrected chi connectivity index (χ3v) is 4.96. The minimum atomic E-state index is 0.0613. The highest BCUT2D eigenvalue weighted by Crippen LogP contribution is 2.39. The van der Waals surface area contributed by atoms with Gasteiger partial charge in [0.2, 0.25) is 0 Å². The van der Waals surface area contributed by atoms with Gasteiger partial charge in [-0.25, -0.2) is 4.98 Å². The van der Waals surface area contributed by atoms with Crippen LogP contribution >= 0.6 is 23.1 Å². The number of oxazole rings is 1. The van der Waals surface area contributed by atoms with E-state index >= 15 is 0 Å². The second-order valence-electron chi connectivity index (χ2n) is 4.03. The van der Waals surface area contributed by atoms with E-state index in [1.54, 1.807) is 23.1 Å². The van der Waals surface area contributed by atoms with Crippen LogP contribution in [0.4, 0.5) is 0 Å². The summed E-state index contributed by atoms with van der Waals surface area (Å²) in [5.41, 5.74) is 6.98. The monoisotopic (exact) mass is 268 g/mol. The number of thioether (sulfide) groups is 1. The molecule has 0 bridgehead atoms. The molecule has 0 aliphatic heterocycles. The standard InChI is InChI=1S/C12H16N2OS2/c1-7(13)11(10-5-4-6-16-10)17-12-14-8(2)9(3)15-12/h4-7,11H,13H2,1-3H3. The zero-order valence-corrected chi connectivity index (χ0v) is 11.8. The van der Waals surface area contributed by atoms with Crippen LogP contribution in [0.2, 0.25) is 0 Å². The Balaban J connectivity index is 2.19. The lowest BCUT2D eigenvalue weighted by molar-refractivity contribution is 0.429. The molecular formula is C12H16N2OS2. The molecule has 0 aliphatic rings. The molecule has 17 heavy (non-hydrogen) atoms. The van der Waals surface area contributed by atoms with Crippen molar-refractivity contribution in [3.8, 4) is 0 Å². The maximum absolute atomic E-state index is 6.04. The molecule has 2 aromatic heterocycles. The zero-order valence-electron chi connectivity index (χ0n) is 10.1. The fourth-order valence-electron chi connectivity index (χ4n) is 1.48. The van der Waals surface area contributed by atoms with Crippen LogP contribution in [0.15, 0.2) is 27.2 Å². The SMILES string of the molecule is Cc1nc(SC(c2cccs2)C(C)N)oc1C. The molecule has 0 saturated carbocycles. The summed E-state index contributed by atoms with van der Waals surface area (Å²) in [6.45, 7) is 5.90. The molecule has 0 aromatic carbocycles. The van der Waals surface area contributed by atoms with Gasteiger partial charge in [-0.1, -0.05) is 17.8 Å². The number of nitrogens with two attached hydrogens (primary N) is 1. The van der Waals surface area contributed by atoms with Gasteiger partial charge in [-0.05, 0) is 32.2 Å². The fraction of sp³-hybridized carbons (Fsp3) is 0.417. The van der Waals surface area contributed by atoms with Crippen molar-refractivity contribution in [3.63, 3.8) is 0 Å². The van der Waals surface area contributed by atoms with Gasteiger partial charge >= 0.3 is 0 Å².